The largest absolute Gasteiger partial charge is 0.496 e. The zero-order chi connectivity index (χ0) is 11.1. The van der Waals surface area contributed by atoms with Crippen LogP contribution in [0.4, 0.5) is 0 Å². The fraction of sp³-hybridized carbons (Fsp3) is 0.500. The molecule has 0 radical (unpaired) electrons. The smallest absolute Gasteiger partial charge is 0.125 e. The fourth-order valence-electron chi connectivity index (χ4n) is 2.24. The number of ether oxygens (including phenoxy) is 1. The van der Waals surface area contributed by atoms with Crippen LogP contribution in [0.25, 0.3) is 0 Å². The molecule has 82 valence electrons. The second kappa shape index (κ2) is 3.69. The Kier molecular flexibility index (Phi) is 2.65. The van der Waals surface area contributed by atoms with Crippen LogP contribution < -0.4 is 10.5 Å². The van der Waals surface area contributed by atoms with Crippen molar-refractivity contribution in [2.45, 2.75) is 25.3 Å². The Morgan fingerprint density at radius 3 is 2.87 bits per heavy atom. The molecule has 2 atom stereocenters. The summed E-state index contributed by atoms with van der Waals surface area (Å²) in [6, 6.07) is 5.69. The summed E-state index contributed by atoms with van der Waals surface area (Å²) < 4.78 is 5.32. The van der Waals surface area contributed by atoms with Crippen LogP contribution in [0, 0.1) is 5.92 Å². The van der Waals surface area contributed by atoms with Crippen molar-refractivity contribution in [3.63, 3.8) is 0 Å². The molecule has 1 aromatic carbocycles. The van der Waals surface area contributed by atoms with Crippen molar-refractivity contribution in [2.24, 2.45) is 11.7 Å². The summed E-state index contributed by atoms with van der Waals surface area (Å²) in [4.78, 5) is 0. The molecule has 0 amide bonds. The van der Waals surface area contributed by atoms with Gasteiger partial charge in [-0.15, -0.1) is 0 Å². The summed E-state index contributed by atoms with van der Waals surface area (Å²) >= 11 is 5.92. The Morgan fingerprint density at radius 2 is 2.33 bits per heavy atom. The highest BCUT2D eigenvalue weighted by Gasteiger charge is 2.52. The van der Waals surface area contributed by atoms with Gasteiger partial charge in [0.2, 0.25) is 0 Å². The molecule has 1 saturated carbocycles. The van der Waals surface area contributed by atoms with Crippen LogP contribution in [0.1, 0.15) is 25.3 Å². The van der Waals surface area contributed by atoms with Crippen molar-refractivity contribution < 1.29 is 4.74 Å². The van der Waals surface area contributed by atoms with Gasteiger partial charge in [-0.05, 0) is 24.5 Å². The molecule has 0 aromatic heterocycles. The first kappa shape index (κ1) is 10.8. The van der Waals surface area contributed by atoms with E-state index in [0.717, 1.165) is 24.2 Å². The lowest BCUT2D eigenvalue weighted by molar-refractivity contribution is 0.402. The molecule has 1 fully saturated rings. The maximum atomic E-state index is 6.33. The molecule has 2 unspecified atom stereocenters. The highest BCUT2D eigenvalue weighted by Crippen LogP contribution is 2.54. The Labute approximate surface area is 95.4 Å². The molecule has 0 aliphatic heterocycles. The van der Waals surface area contributed by atoms with E-state index in [4.69, 9.17) is 22.1 Å². The normalized spacial score (nSPS) is 28.9. The quantitative estimate of drug-likeness (QED) is 0.859. The van der Waals surface area contributed by atoms with Gasteiger partial charge in [0.1, 0.15) is 5.75 Å². The lowest BCUT2D eigenvalue weighted by Crippen LogP contribution is -2.22. The molecular formula is C12H16ClNO. The van der Waals surface area contributed by atoms with Crippen molar-refractivity contribution in [1.29, 1.82) is 0 Å². The minimum Gasteiger partial charge on any atom is -0.496 e. The van der Waals surface area contributed by atoms with Gasteiger partial charge >= 0.3 is 0 Å². The molecule has 0 saturated heterocycles. The molecule has 0 spiro atoms. The van der Waals surface area contributed by atoms with Gasteiger partial charge < -0.3 is 10.5 Å². The minimum absolute atomic E-state index is 0.190. The van der Waals surface area contributed by atoms with Gasteiger partial charge in [-0.25, -0.2) is 0 Å². The third-order valence-corrected chi connectivity index (χ3v) is 3.55. The zero-order valence-electron chi connectivity index (χ0n) is 9.09. The van der Waals surface area contributed by atoms with E-state index in [0.29, 0.717) is 10.9 Å². The number of methoxy groups -OCH3 is 1. The van der Waals surface area contributed by atoms with Gasteiger partial charge in [0.15, 0.2) is 0 Å². The maximum absolute atomic E-state index is 6.33. The van der Waals surface area contributed by atoms with E-state index in [2.05, 4.69) is 6.92 Å². The van der Waals surface area contributed by atoms with Gasteiger partial charge in [0.05, 0.1) is 7.11 Å². The van der Waals surface area contributed by atoms with Crippen LogP contribution in [-0.2, 0) is 5.54 Å². The Balaban J connectivity index is 2.37. The van der Waals surface area contributed by atoms with Crippen molar-refractivity contribution in [2.75, 3.05) is 7.11 Å². The maximum Gasteiger partial charge on any atom is 0.125 e. The number of nitrogens with two attached hydrogens (primary N) is 1. The standard InChI is InChI=1S/C12H16ClNO/c1-3-8-7-12(8,14)10-5-4-9(13)6-11(10)15-2/h4-6,8H,3,7,14H2,1-2H3. The molecule has 1 aromatic rings. The average molecular weight is 226 g/mol. The highest BCUT2D eigenvalue weighted by atomic mass is 35.5. The van der Waals surface area contributed by atoms with Gasteiger partial charge in [0.25, 0.3) is 0 Å². The average Bonchev–Trinajstić information content (AvgIpc) is 2.90. The van der Waals surface area contributed by atoms with E-state index in [1.807, 2.05) is 18.2 Å². The van der Waals surface area contributed by atoms with E-state index < -0.39 is 0 Å². The Hall–Kier alpha value is -0.730. The Bertz CT molecular complexity index is 380. The zero-order valence-corrected chi connectivity index (χ0v) is 9.84. The third kappa shape index (κ3) is 1.72. The molecule has 0 heterocycles. The van der Waals surface area contributed by atoms with Crippen LogP contribution >= 0.6 is 11.6 Å². The summed E-state index contributed by atoms with van der Waals surface area (Å²) in [6.07, 6.45) is 2.16. The van der Waals surface area contributed by atoms with Crippen LogP contribution in [0.15, 0.2) is 18.2 Å². The number of hydrogen-bond acceptors (Lipinski definition) is 2. The second-order valence-corrected chi connectivity index (χ2v) is 4.63. The first-order chi connectivity index (χ1) is 7.11. The molecular weight excluding hydrogens is 210 g/mol. The first-order valence-corrected chi connectivity index (χ1v) is 5.62. The highest BCUT2D eigenvalue weighted by molar-refractivity contribution is 6.30. The van der Waals surface area contributed by atoms with Crippen LogP contribution in [0.5, 0.6) is 5.75 Å². The molecule has 2 nitrogen and oxygen atoms in total. The van der Waals surface area contributed by atoms with Gasteiger partial charge in [-0.1, -0.05) is 31.0 Å². The Morgan fingerprint density at radius 1 is 1.60 bits per heavy atom. The molecule has 2 rings (SSSR count). The first-order valence-electron chi connectivity index (χ1n) is 5.24. The summed E-state index contributed by atoms with van der Waals surface area (Å²) in [7, 11) is 1.65. The predicted octanol–water partition coefficient (Wildman–Crippen LogP) is 2.93. The number of rotatable bonds is 3. The number of hydrogen-bond donors (Lipinski definition) is 1. The van der Waals surface area contributed by atoms with E-state index in [9.17, 15) is 0 Å². The van der Waals surface area contributed by atoms with E-state index >= 15 is 0 Å². The monoisotopic (exact) mass is 225 g/mol. The molecule has 3 heteroatoms. The summed E-state index contributed by atoms with van der Waals surface area (Å²) in [5.41, 5.74) is 7.22. The van der Waals surface area contributed by atoms with Crippen molar-refractivity contribution in [3.8, 4) is 5.75 Å². The molecule has 1 aliphatic carbocycles. The van der Waals surface area contributed by atoms with Crippen LogP contribution in [-0.4, -0.2) is 7.11 Å². The van der Waals surface area contributed by atoms with Gasteiger partial charge in [0, 0.05) is 16.1 Å². The summed E-state index contributed by atoms with van der Waals surface area (Å²) in [5.74, 6) is 1.38. The van der Waals surface area contributed by atoms with E-state index in [-0.39, 0.29) is 5.54 Å². The SMILES string of the molecule is CCC1CC1(N)c1ccc(Cl)cc1OC. The molecule has 0 bridgehead atoms. The lowest BCUT2D eigenvalue weighted by atomic mass is 10.0. The van der Waals surface area contributed by atoms with Gasteiger partial charge in [-0.3, -0.25) is 0 Å². The summed E-state index contributed by atoms with van der Waals surface area (Å²) in [5, 5.41) is 0.688. The van der Waals surface area contributed by atoms with Crippen LogP contribution in [0.3, 0.4) is 0 Å². The van der Waals surface area contributed by atoms with Crippen molar-refractivity contribution in [1.82, 2.24) is 0 Å². The van der Waals surface area contributed by atoms with Crippen molar-refractivity contribution >= 4 is 11.6 Å². The van der Waals surface area contributed by atoms with Crippen molar-refractivity contribution in [3.05, 3.63) is 28.8 Å². The van der Waals surface area contributed by atoms with E-state index in [1.54, 1.807) is 7.11 Å². The van der Waals surface area contributed by atoms with Gasteiger partial charge in [-0.2, -0.15) is 0 Å². The number of benzene rings is 1. The molecule has 15 heavy (non-hydrogen) atoms. The topological polar surface area (TPSA) is 35.2 Å². The minimum atomic E-state index is -0.190. The second-order valence-electron chi connectivity index (χ2n) is 4.19. The summed E-state index contributed by atoms with van der Waals surface area (Å²) in [6.45, 7) is 2.17. The van der Waals surface area contributed by atoms with E-state index in [1.165, 1.54) is 0 Å². The lowest BCUT2D eigenvalue weighted by Gasteiger charge is -2.16. The number of halogens is 1. The molecule has 1 aliphatic rings. The third-order valence-electron chi connectivity index (χ3n) is 3.31. The fourth-order valence-corrected chi connectivity index (χ4v) is 2.40. The van der Waals surface area contributed by atoms with Crippen LogP contribution in [0.2, 0.25) is 5.02 Å². The predicted molar refractivity (Wildman–Crippen MR) is 62.3 cm³/mol. The molecule has 2 N–H and O–H groups in total.